The molecule has 0 aliphatic rings. The van der Waals surface area contributed by atoms with E-state index in [1.165, 1.54) is 24.3 Å². The van der Waals surface area contributed by atoms with Crippen molar-refractivity contribution in [3.63, 3.8) is 0 Å². The van der Waals surface area contributed by atoms with Crippen LogP contribution in [-0.4, -0.2) is 25.1 Å². The van der Waals surface area contributed by atoms with Gasteiger partial charge in [-0.15, -0.1) is 0 Å². The van der Waals surface area contributed by atoms with Gasteiger partial charge in [0.15, 0.2) is 0 Å². The summed E-state index contributed by atoms with van der Waals surface area (Å²) in [6, 6.07) is 12.3. The van der Waals surface area contributed by atoms with Gasteiger partial charge in [0, 0.05) is 23.6 Å². The maximum atomic E-state index is 12.9. The molecule has 0 bridgehead atoms. The monoisotopic (exact) mass is 395 g/mol. The average molecular weight is 396 g/mol. The third-order valence-corrected chi connectivity index (χ3v) is 5.11. The van der Waals surface area contributed by atoms with Crippen molar-refractivity contribution in [2.75, 3.05) is 6.54 Å². The predicted octanol–water partition coefficient (Wildman–Crippen LogP) is 3.19. The first kappa shape index (κ1) is 18.5. The zero-order valence-corrected chi connectivity index (χ0v) is 15.1. The Balaban J connectivity index is 1.54. The smallest absolute Gasteiger partial charge is 0.228 e. The number of nitrogens with one attached hydrogen (secondary N) is 1. The van der Waals surface area contributed by atoms with Crippen molar-refractivity contribution < 1.29 is 17.3 Å². The van der Waals surface area contributed by atoms with E-state index in [2.05, 4.69) is 14.9 Å². The van der Waals surface area contributed by atoms with E-state index in [9.17, 15) is 12.8 Å². The van der Waals surface area contributed by atoms with Gasteiger partial charge in [0.2, 0.25) is 21.7 Å². The highest BCUT2D eigenvalue weighted by Gasteiger charge is 2.13. The lowest BCUT2D eigenvalue weighted by atomic mass is 10.2. The number of sulfonamides is 1. The van der Waals surface area contributed by atoms with E-state index < -0.39 is 15.8 Å². The van der Waals surface area contributed by atoms with Gasteiger partial charge in [0.1, 0.15) is 5.82 Å². The molecule has 1 heterocycles. The van der Waals surface area contributed by atoms with Gasteiger partial charge in [0.25, 0.3) is 0 Å². The number of hydrogen-bond donors (Lipinski definition) is 1. The average Bonchev–Trinajstić information content (AvgIpc) is 3.06. The Labute approximate surface area is 155 Å². The third kappa shape index (κ3) is 5.10. The van der Waals surface area contributed by atoms with Crippen molar-refractivity contribution >= 4 is 21.6 Å². The zero-order valence-electron chi connectivity index (χ0n) is 13.5. The number of hydrogen-bond acceptors (Lipinski definition) is 5. The first-order chi connectivity index (χ1) is 12.4. The van der Waals surface area contributed by atoms with Crippen molar-refractivity contribution in [1.29, 1.82) is 0 Å². The molecular formula is C17H15ClFN3O3S. The minimum Gasteiger partial charge on any atom is -0.339 e. The summed E-state index contributed by atoms with van der Waals surface area (Å²) in [5, 5.41) is 4.47. The van der Waals surface area contributed by atoms with E-state index in [0.29, 0.717) is 22.3 Å². The largest absolute Gasteiger partial charge is 0.339 e. The van der Waals surface area contributed by atoms with Gasteiger partial charge in [0.05, 0.1) is 5.75 Å². The van der Waals surface area contributed by atoms with E-state index in [4.69, 9.17) is 16.1 Å². The number of halogens is 2. The lowest BCUT2D eigenvalue weighted by Gasteiger charge is -2.05. The summed E-state index contributed by atoms with van der Waals surface area (Å²) in [6.45, 7) is 0.117. The first-order valence-electron chi connectivity index (χ1n) is 7.72. The minimum absolute atomic E-state index is 0.117. The van der Waals surface area contributed by atoms with Crippen LogP contribution in [0.15, 0.2) is 53.1 Å². The van der Waals surface area contributed by atoms with E-state index in [-0.39, 0.29) is 18.7 Å². The van der Waals surface area contributed by atoms with Crippen LogP contribution in [0, 0.1) is 5.82 Å². The molecular weight excluding hydrogens is 381 g/mol. The lowest BCUT2D eigenvalue weighted by Crippen LogP contribution is -2.27. The van der Waals surface area contributed by atoms with Gasteiger partial charge in [-0.05, 0) is 42.0 Å². The van der Waals surface area contributed by atoms with Crippen LogP contribution >= 0.6 is 11.6 Å². The molecule has 0 aliphatic heterocycles. The molecule has 0 radical (unpaired) electrons. The number of rotatable bonds is 7. The predicted molar refractivity (Wildman–Crippen MR) is 95.5 cm³/mol. The first-order valence-corrected chi connectivity index (χ1v) is 9.75. The van der Waals surface area contributed by atoms with Crippen LogP contribution < -0.4 is 4.72 Å². The standard InChI is InChI=1S/C17H15ClFN3O3S/c18-14-5-3-13(4-6-14)17-21-16(25-22-17)9-10-20-26(23,24)11-12-1-7-15(19)8-2-12/h1-8,20H,9-11H2. The van der Waals surface area contributed by atoms with Crippen LogP contribution in [0.25, 0.3) is 11.4 Å². The summed E-state index contributed by atoms with van der Waals surface area (Å²) in [4.78, 5) is 4.23. The summed E-state index contributed by atoms with van der Waals surface area (Å²) in [5.74, 6) is 0.0879. The Kier molecular flexibility index (Phi) is 5.65. The fraction of sp³-hybridized carbons (Fsp3) is 0.176. The van der Waals surface area contributed by atoms with E-state index >= 15 is 0 Å². The Hall–Kier alpha value is -2.29. The van der Waals surface area contributed by atoms with Crippen LogP contribution in [0.4, 0.5) is 4.39 Å². The molecule has 3 rings (SSSR count). The topological polar surface area (TPSA) is 85.1 Å². The molecule has 0 fully saturated rings. The fourth-order valence-corrected chi connectivity index (χ4v) is 3.51. The van der Waals surface area contributed by atoms with E-state index in [0.717, 1.165) is 5.56 Å². The van der Waals surface area contributed by atoms with Crippen LogP contribution in [0.1, 0.15) is 11.5 Å². The minimum atomic E-state index is -3.54. The van der Waals surface area contributed by atoms with Crippen molar-refractivity contribution in [3.8, 4) is 11.4 Å². The van der Waals surface area contributed by atoms with Gasteiger partial charge >= 0.3 is 0 Å². The number of aromatic nitrogens is 2. The highest BCUT2D eigenvalue weighted by atomic mass is 35.5. The highest BCUT2D eigenvalue weighted by Crippen LogP contribution is 2.18. The molecule has 136 valence electrons. The zero-order chi connectivity index (χ0) is 18.6. The van der Waals surface area contributed by atoms with Crippen LogP contribution in [0.2, 0.25) is 5.02 Å². The Morgan fingerprint density at radius 1 is 1.08 bits per heavy atom. The Morgan fingerprint density at radius 2 is 1.77 bits per heavy atom. The summed E-state index contributed by atoms with van der Waals surface area (Å²) < 4.78 is 44.5. The fourth-order valence-electron chi connectivity index (χ4n) is 2.24. The summed E-state index contributed by atoms with van der Waals surface area (Å²) in [6.07, 6.45) is 0.253. The molecule has 0 saturated heterocycles. The van der Waals surface area contributed by atoms with Gasteiger partial charge in [-0.25, -0.2) is 17.5 Å². The molecule has 0 aliphatic carbocycles. The second-order valence-electron chi connectivity index (χ2n) is 5.55. The van der Waals surface area contributed by atoms with Gasteiger partial charge < -0.3 is 4.52 Å². The van der Waals surface area contributed by atoms with Crippen molar-refractivity contribution in [3.05, 3.63) is 70.8 Å². The normalized spacial score (nSPS) is 11.6. The van der Waals surface area contributed by atoms with E-state index in [1.807, 2.05) is 0 Å². The van der Waals surface area contributed by atoms with Crippen molar-refractivity contribution in [1.82, 2.24) is 14.9 Å². The van der Waals surface area contributed by atoms with Crippen molar-refractivity contribution in [2.45, 2.75) is 12.2 Å². The molecule has 9 heteroatoms. The highest BCUT2D eigenvalue weighted by molar-refractivity contribution is 7.88. The third-order valence-electron chi connectivity index (χ3n) is 3.50. The van der Waals surface area contributed by atoms with Crippen molar-refractivity contribution in [2.24, 2.45) is 0 Å². The Bertz CT molecular complexity index is 973. The molecule has 0 amide bonds. The molecule has 2 aromatic carbocycles. The summed E-state index contributed by atoms with van der Waals surface area (Å²) in [7, 11) is -3.54. The SMILES string of the molecule is O=S(=O)(Cc1ccc(F)cc1)NCCc1nc(-c2ccc(Cl)cc2)no1. The van der Waals surface area contributed by atoms with E-state index in [1.54, 1.807) is 24.3 Å². The molecule has 26 heavy (non-hydrogen) atoms. The maximum absolute atomic E-state index is 12.9. The molecule has 6 nitrogen and oxygen atoms in total. The van der Waals surface area contributed by atoms with Crippen LogP contribution in [0.3, 0.4) is 0 Å². The number of benzene rings is 2. The molecule has 0 saturated carbocycles. The Morgan fingerprint density at radius 3 is 2.46 bits per heavy atom. The second-order valence-corrected chi connectivity index (χ2v) is 7.79. The van der Waals surface area contributed by atoms with Crippen LogP contribution in [0.5, 0.6) is 0 Å². The van der Waals surface area contributed by atoms with Gasteiger partial charge in [-0.1, -0.05) is 28.9 Å². The molecule has 1 N–H and O–H groups in total. The molecule has 0 spiro atoms. The maximum Gasteiger partial charge on any atom is 0.228 e. The lowest BCUT2D eigenvalue weighted by molar-refractivity contribution is 0.379. The second kappa shape index (κ2) is 7.94. The summed E-state index contributed by atoms with van der Waals surface area (Å²) in [5.41, 5.74) is 1.25. The van der Waals surface area contributed by atoms with Gasteiger partial charge in [-0.2, -0.15) is 4.98 Å². The van der Waals surface area contributed by atoms with Crippen LogP contribution in [-0.2, 0) is 22.2 Å². The summed E-state index contributed by atoms with van der Waals surface area (Å²) >= 11 is 5.83. The quantitative estimate of drug-likeness (QED) is 0.664. The molecule has 0 unspecified atom stereocenters. The molecule has 1 aromatic heterocycles. The molecule has 3 aromatic rings. The van der Waals surface area contributed by atoms with Gasteiger partial charge in [-0.3, -0.25) is 0 Å². The number of nitrogens with zero attached hydrogens (tertiary/aromatic N) is 2. The molecule has 0 atom stereocenters.